The second-order valence-corrected chi connectivity index (χ2v) is 7.12. The summed E-state index contributed by atoms with van der Waals surface area (Å²) in [5, 5.41) is 3.80. The molecule has 2 unspecified atom stereocenters. The Labute approximate surface area is 130 Å². The first kappa shape index (κ1) is 14.4. The lowest BCUT2D eigenvalue weighted by Gasteiger charge is -2.41. The standard InChI is InChI=1S/C16H24BrN3/c1-12-5-6-13(17)14(10-12)19-16(11-18)7-9-20-8-3-2-4-15(16)20/h5-6,10,15,19H,2-4,7-9,11,18H2,1H3. The fourth-order valence-electron chi connectivity index (χ4n) is 3.83. The fourth-order valence-corrected chi connectivity index (χ4v) is 4.18. The summed E-state index contributed by atoms with van der Waals surface area (Å²) in [6.07, 6.45) is 5.09. The lowest BCUT2D eigenvalue weighted by Crippen LogP contribution is -2.56. The van der Waals surface area contributed by atoms with Gasteiger partial charge in [0.1, 0.15) is 0 Å². The van der Waals surface area contributed by atoms with E-state index in [0.717, 1.165) is 10.9 Å². The Balaban J connectivity index is 1.88. The molecule has 4 heteroatoms. The van der Waals surface area contributed by atoms with Crippen molar-refractivity contribution in [1.82, 2.24) is 4.90 Å². The lowest BCUT2D eigenvalue weighted by molar-refractivity contribution is 0.167. The molecule has 0 spiro atoms. The Morgan fingerprint density at radius 2 is 2.25 bits per heavy atom. The molecule has 2 atom stereocenters. The molecule has 0 amide bonds. The van der Waals surface area contributed by atoms with Gasteiger partial charge in [-0.2, -0.15) is 0 Å². The van der Waals surface area contributed by atoms with Gasteiger partial charge in [-0.25, -0.2) is 0 Å². The summed E-state index contributed by atoms with van der Waals surface area (Å²) in [5.41, 5.74) is 8.71. The molecule has 0 saturated carbocycles. The number of nitrogens with one attached hydrogen (secondary N) is 1. The van der Waals surface area contributed by atoms with Gasteiger partial charge in [0.05, 0.1) is 5.54 Å². The monoisotopic (exact) mass is 337 g/mol. The average molecular weight is 338 g/mol. The van der Waals surface area contributed by atoms with Gasteiger partial charge in [-0.15, -0.1) is 0 Å². The normalized spacial score (nSPS) is 30.2. The van der Waals surface area contributed by atoms with Crippen LogP contribution < -0.4 is 11.1 Å². The number of nitrogens with zero attached hydrogens (tertiary/aromatic N) is 1. The van der Waals surface area contributed by atoms with Gasteiger partial charge in [0, 0.05) is 29.3 Å². The minimum Gasteiger partial charge on any atom is -0.376 e. The summed E-state index contributed by atoms with van der Waals surface area (Å²) >= 11 is 3.66. The predicted molar refractivity (Wildman–Crippen MR) is 88.1 cm³/mol. The number of hydrogen-bond donors (Lipinski definition) is 2. The molecule has 2 aliphatic rings. The lowest BCUT2D eigenvalue weighted by atomic mass is 9.85. The molecule has 1 aromatic carbocycles. The molecule has 2 aliphatic heterocycles. The summed E-state index contributed by atoms with van der Waals surface area (Å²) in [4.78, 5) is 2.63. The van der Waals surface area contributed by atoms with Crippen molar-refractivity contribution in [2.45, 2.75) is 44.2 Å². The summed E-state index contributed by atoms with van der Waals surface area (Å²) in [7, 11) is 0. The van der Waals surface area contributed by atoms with Crippen molar-refractivity contribution in [1.29, 1.82) is 0 Å². The molecule has 110 valence electrons. The van der Waals surface area contributed by atoms with Gasteiger partial charge in [-0.1, -0.05) is 12.5 Å². The van der Waals surface area contributed by atoms with E-state index in [0.29, 0.717) is 12.6 Å². The Morgan fingerprint density at radius 3 is 3.05 bits per heavy atom. The van der Waals surface area contributed by atoms with Crippen molar-refractivity contribution in [3.05, 3.63) is 28.2 Å². The van der Waals surface area contributed by atoms with Crippen molar-refractivity contribution < 1.29 is 0 Å². The third-order valence-electron chi connectivity index (χ3n) is 4.97. The number of benzene rings is 1. The molecule has 0 radical (unpaired) electrons. The fraction of sp³-hybridized carbons (Fsp3) is 0.625. The van der Waals surface area contributed by atoms with Gasteiger partial charge in [-0.3, -0.25) is 4.90 Å². The van der Waals surface area contributed by atoms with Crippen molar-refractivity contribution >= 4 is 21.6 Å². The van der Waals surface area contributed by atoms with Crippen LogP contribution in [-0.4, -0.2) is 36.1 Å². The molecule has 3 rings (SSSR count). The van der Waals surface area contributed by atoms with Crippen LogP contribution in [-0.2, 0) is 0 Å². The molecule has 2 saturated heterocycles. The topological polar surface area (TPSA) is 41.3 Å². The highest BCUT2D eigenvalue weighted by molar-refractivity contribution is 9.10. The minimum absolute atomic E-state index is 0.0384. The Hall–Kier alpha value is -0.580. The summed E-state index contributed by atoms with van der Waals surface area (Å²) in [6, 6.07) is 7.06. The van der Waals surface area contributed by atoms with Crippen LogP contribution in [0.3, 0.4) is 0 Å². The Bertz CT molecular complexity index is 491. The SMILES string of the molecule is Cc1ccc(Br)c(NC2(CN)CCN3CCCCC32)c1. The number of halogens is 1. The molecule has 0 aliphatic carbocycles. The maximum Gasteiger partial charge on any atom is 0.0662 e. The molecule has 2 heterocycles. The number of anilines is 1. The van der Waals surface area contributed by atoms with Gasteiger partial charge in [-0.05, 0) is 66.4 Å². The van der Waals surface area contributed by atoms with Crippen LogP contribution in [0, 0.1) is 6.92 Å². The van der Waals surface area contributed by atoms with Crippen LogP contribution in [0.5, 0.6) is 0 Å². The molecule has 2 fully saturated rings. The summed E-state index contributed by atoms with van der Waals surface area (Å²) < 4.78 is 1.13. The van der Waals surface area contributed by atoms with Gasteiger partial charge in [0.25, 0.3) is 0 Å². The minimum atomic E-state index is 0.0384. The highest BCUT2D eigenvalue weighted by Gasteiger charge is 2.47. The number of hydrogen-bond acceptors (Lipinski definition) is 3. The van der Waals surface area contributed by atoms with E-state index in [9.17, 15) is 0 Å². The van der Waals surface area contributed by atoms with Crippen molar-refractivity contribution in [2.75, 3.05) is 25.0 Å². The highest BCUT2D eigenvalue weighted by Crippen LogP contribution is 2.38. The van der Waals surface area contributed by atoms with Crippen molar-refractivity contribution in [2.24, 2.45) is 5.73 Å². The number of nitrogens with two attached hydrogens (primary N) is 1. The molecular formula is C16H24BrN3. The molecule has 0 aromatic heterocycles. The highest BCUT2D eigenvalue weighted by atomic mass is 79.9. The Kier molecular flexibility index (Phi) is 4.07. The average Bonchev–Trinajstić information content (AvgIpc) is 2.83. The second kappa shape index (κ2) is 5.66. The first-order valence-electron chi connectivity index (χ1n) is 7.63. The quantitative estimate of drug-likeness (QED) is 0.890. The molecule has 3 N–H and O–H groups in total. The van der Waals surface area contributed by atoms with Crippen molar-refractivity contribution in [3.8, 4) is 0 Å². The van der Waals surface area contributed by atoms with Crippen LogP contribution in [0.1, 0.15) is 31.2 Å². The van der Waals surface area contributed by atoms with Crippen LogP contribution >= 0.6 is 15.9 Å². The number of rotatable bonds is 3. The van der Waals surface area contributed by atoms with E-state index < -0.39 is 0 Å². The van der Waals surface area contributed by atoms with Gasteiger partial charge in [0.15, 0.2) is 0 Å². The van der Waals surface area contributed by atoms with Crippen LogP contribution in [0.2, 0.25) is 0 Å². The zero-order valence-electron chi connectivity index (χ0n) is 12.2. The Morgan fingerprint density at radius 1 is 1.40 bits per heavy atom. The largest absolute Gasteiger partial charge is 0.376 e. The van der Waals surface area contributed by atoms with Gasteiger partial charge in [0.2, 0.25) is 0 Å². The molecular weight excluding hydrogens is 314 g/mol. The molecule has 20 heavy (non-hydrogen) atoms. The van der Waals surface area contributed by atoms with Crippen LogP contribution in [0.25, 0.3) is 0 Å². The zero-order valence-corrected chi connectivity index (χ0v) is 13.7. The van der Waals surface area contributed by atoms with Crippen LogP contribution in [0.4, 0.5) is 5.69 Å². The third kappa shape index (κ3) is 2.49. The van der Waals surface area contributed by atoms with Gasteiger partial charge < -0.3 is 11.1 Å². The first-order chi connectivity index (χ1) is 9.64. The van der Waals surface area contributed by atoms with Gasteiger partial charge >= 0.3 is 0 Å². The number of fused-ring (bicyclic) bond motifs is 1. The summed E-state index contributed by atoms with van der Waals surface area (Å²) in [6.45, 7) is 5.25. The number of piperidine rings is 1. The van der Waals surface area contributed by atoms with E-state index >= 15 is 0 Å². The van der Waals surface area contributed by atoms with E-state index in [1.807, 2.05) is 0 Å². The number of aryl methyl sites for hydroxylation is 1. The van der Waals surface area contributed by atoms with E-state index in [1.54, 1.807) is 0 Å². The third-order valence-corrected chi connectivity index (χ3v) is 5.66. The zero-order chi connectivity index (χ0) is 14.2. The van der Waals surface area contributed by atoms with E-state index in [-0.39, 0.29) is 5.54 Å². The maximum atomic E-state index is 6.21. The van der Waals surface area contributed by atoms with E-state index in [2.05, 4.69) is 51.3 Å². The smallest absolute Gasteiger partial charge is 0.0662 e. The van der Waals surface area contributed by atoms with Crippen LogP contribution in [0.15, 0.2) is 22.7 Å². The predicted octanol–water partition coefficient (Wildman–Crippen LogP) is 3.13. The van der Waals surface area contributed by atoms with E-state index in [4.69, 9.17) is 5.73 Å². The summed E-state index contributed by atoms with van der Waals surface area (Å²) in [5.74, 6) is 0. The second-order valence-electron chi connectivity index (χ2n) is 6.27. The molecule has 0 bridgehead atoms. The molecule has 3 nitrogen and oxygen atoms in total. The van der Waals surface area contributed by atoms with Crippen molar-refractivity contribution in [3.63, 3.8) is 0 Å². The maximum absolute atomic E-state index is 6.21. The first-order valence-corrected chi connectivity index (χ1v) is 8.42. The van der Waals surface area contributed by atoms with E-state index in [1.165, 1.54) is 43.6 Å². The molecule has 1 aromatic rings.